The Kier molecular flexibility index (Phi) is 9.55. The van der Waals surface area contributed by atoms with Crippen LogP contribution in [0, 0.1) is 0 Å². The molecule has 0 bridgehead atoms. The molecule has 2 nitrogen and oxygen atoms in total. The molecule has 8 aromatic rings. The van der Waals surface area contributed by atoms with E-state index in [0.29, 0.717) is 5.82 Å². The Bertz CT molecular complexity index is 3640. The van der Waals surface area contributed by atoms with Crippen LogP contribution in [0.3, 0.4) is 0 Å². The summed E-state index contributed by atoms with van der Waals surface area (Å²) in [5.74, 6) is 0.687. The predicted molar refractivity (Wildman–Crippen MR) is 281 cm³/mol. The second kappa shape index (κ2) is 16.4. The lowest BCUT2D eigenvalue weighted by Crippen LogP contribution is -2.28. The Labute approximate surface area is 397 Å². The van der Waals surface area contributed by atoms with Crippen LogP contribution in [0.1, 0.15) is 47.1 Å². The molecule has 1 atom stereocenters. The van der Waals surface area contributed by atoms with Crippen LogP contribution in [0.25, 0.3) is 84.0 Å². The van der Waals surface area contributed by atoms with E-state index >= 15 is 0 Å². The summed E-state index contributed by atoms with van der Waals surface area (Å²) in [5, 5.41) is 0. The van der Waals surface area contributed by atoms with Crippen molar-refractivity contribution in [1.82, 2.24) is 9.97 Å². The van der Waals surface area contributed by atoms with E-state index in [1.54, 1.807) is 0 Å². The molecule has 0 fully saturated rings. The molecule has 1 spiro atoms. The van der Waals surface area contributed by atoms with E-state index in [1.165, 1.54) is 44.5 Å². The largest absolute Gasteiger partial charge is 0.228 e. The first-order valence-electron chi connectivity index (χ1n) is 23.7. The Morgan fingerprint density at radius 1 is 0.412 bits per heavy atom. The zero-order chi connectivity index (χ0) is 45.0. The van der Waals surface area contributed by atoms with Crippen LogP contribution >= 0.6 is 0 Å². The molecule has 1 aromatic heterocycles. The lowest BCUT2D eigenvalue weighted by Gasteiger charge is -2.33. The smallest absolute Gasteiger partial charge is 0.160 e. The molecular formula is C66H44N2. The number of aromatic nitrogens is 2. The lowest BCUT2D eigenvalue weighted by molar-refractivity contribution is 0.773. The Balaban J connectivity index is 1.07. The van der Waals surface area contributed by atoms with Crippen molar-refractivity contribution in [2.45, 2.75) is 24.7 Å². The fraction of sp³-hybridized carbons (Fsp3) is 0.0606. The molecule has 1 unspecified atom stereocenters. The van der Waals surface area contributed by atoms with E-state index in [2.05, 4.69) is 230 Å². The summed E-state index contributed by atoms with van der Waals surface area (Å²) < 4.78 is 0. The second-order valence-corrected chi connectivity index (χ2v) is 18.1. The van der Waals surface area contributed by atoms with Gasteiger partial charge in [0.25, 0.3) is 0 Å². The standard InChI is InChI=1S/C66H44N2/c1-6-20-44(21-7-1)49-36-50(45-22-8-2-9-23-45)39-53(38-49)63-43-64(54-40-51(46-24-10-3-11-25-46)37-52(41-54)47-26-12-4-13-27-47)68-65(67-63)48-34-35-58-57-30-17-19-33-61(57)66(62(58)42-48)59-31-15-5-14-28-55(59)56-29-16-18-32-60(56)66/h1-12,14-16,18-26,29,31-43H,17,28,30H2. The molecule has 0 saturated heterocycles. The van der Waals surface area contributed by atoms with Crippen LogP contribution in [0.5, 0.6) is 0 Å². The molecule has 1 heterocycles. The van der Waals surface area contributed by atoms with E-state index in [1.807, 2.05) is 12.2 Å². The molecule has 5 aliphatic carbocycles. The summed E-state index contributed by atoms with van der Waals surface area (Å²) in [6.07, 6.45) is 22.9. The van der Waals surface area contributed by atoms with Gasteiger partial charge in [0.2, 0.25) is 0 Å². The van der Waals surface area contributed by atoms with Gasteiger partial charge < -0.3 is 0 Å². The van der Waals surface area contributed by atoms with Gasteiger partial charge in [-0.25, -0.2) is 9.97 Å². The number of fused-ring (bicyclic) bond motifs is 8. The van der Waals surface area contributed by atoms with Gasteiger partial charge in [-0.3, -0.25) is 0 Å². The van der Waals surface area contributed by atoms with Crippen molar-refractivity contribution < 1.29 is 0 Å². The summed E-state index contributed by atoms with van der Waals surface area (Å²) in [6, 6.07) is 63.9. The number of hydrogen-bond donors (Lipinski definition) is 0. The number of nitrogens with zero attached hydrogens (tertiary/aromatic N) is 2. The van der Waals surface area contributed by atoms with E-state index in [0.717, 1.165) is 91.9 Å². The lowest BCUT2D eigenvalue weighted by atomic mass is 9.68. The van der Waals surface area contributed by atoms with Gasteiger partial charge >= 0.3 is 0 Å². The third-order valence-electron chi connectivity index (χ3n) is 14.3. The summed E-state index contributed by atoms with van der Waals surface area (Å²) in [4.78, 5) is 11.2. The first-order valence-corrected chi connectivity index (χ1v) is 23.7. The van der Waals surface area contributed by atoms with Crippen LogP contribution in [0.15, 0.2) is 253 Å². The molecule has 68 heavy (non-hydrogen) atoms. The monoisotopic (exact) mass is 864 g/mol. The van der Waals surface area contributed by atoms with Crippen molar-refractivity contribution in [3.05, 3.63) is 281 Å². The normalized spacial score (nSPS) is 17.0. The number of allylic oxidation sites excluding steroid dienone is 14. The third kappa shape index (κ3) is 6.58. The highest BCUT2D eigenvalue weighted by atomic mass is 14.9. The van der Waals surface area contributed by atoms with Crippen LogP contribution < -0.4 is 0 Å². The average Bonchev–Trinajstić information content (AvgIpc) is 3.72. The van der Waals surface area contributed by atoms with Crippen LogP contribution in [-0.4, -0.2) is 9.97 Å². The summed E-state index contributed by atoms with van der Waals surface area (Å²) in [7, 11) is 0. The van der Waals surface area contributed by atoms with Gasteiger partial charge in [-0.15, -0.1) is 0 Å². The minimum Gasteiger partial charge on any atom is -0.228 e. The SMILES string of the molecule is C1=C=C(c2cc(-c3ccccc3)cc(-c3cc(-c4cc(-c5ccccc5)cc(-c5ccccc5)c4)nc(-c4ccc5c(c4)C4(C6=C(CC=CC=C6)c6ccccc64)C4=C5CCC=C4)n3)c2)C=CC=1. The Morgan fingerprint density at radius 3 is 1.66 bits per heavy atom. The van der Waals surface area contributed by atoms with Crippen LogP contribution in [0.4, 0.5) is 0 Å². The molecule has 0 amide bonds. The first kappa shape index (κ1) is 39.7. The van der Waals surface area contributed by atoms with Crippen molar-refractivity contribution in [3.8, 4) is 67.3 Å². The topological polar surface area (TPSA) is 25.8 Å². The van der Waals surface area contributed by atoms with Crippen molar-refractivity contribution >= 4 is 16.7 Å². The molecule has 0 saturated carbocycles. The van der Waals surface area contributed by atoms with Gasteiger partial charge in [-0.05, 0) is 163 Å². The molecule has 13 rings (SSSR count). The van der Waals surface area contributed by atoms with Gasteiger partial charge in [0.1, 0.15) is 0 Å². The fourth-order valence-corrected chi connectivity index (χ4v) is 11.2. The van der Waals surface area contributed by atoms with Gasteiger partial charge in [-0.1, -0.05) is 181 Å². The Morgan fingerprint density at radius 2 is 1.00 bits per heavy atom. The van der Waals surface area contributed by atoms with Gasteiger partial charge in [0.05, 0.1) is 16.8 Å². The quantitative estimate of drug-likeness (QED) is 0.149. The van der Waals surface area contributed by atoms with Crippen molar-refractivity contribution in [2.75, 3.05) is 0 Å². The molecule has 0 aliphatic heterocycles. The summed E-state index contributed by atoms with van der Waals surface area (Å²) in [6.45, 7) is 0. The van der Waals surface area contributed by atoms with E-state index in [4.69, 9.17) is 9.97 Å². The van der Waals surface area contributed by atoms with Crippen molar-refractivity contribution in [3.63, 3.8) is 0 Å². The number of benzene rings is 7. The zero-order valence-corrected chi connectivity index (χ0v) is 37.5. The molecule has 0 radical (unpaired) electrons. The van der Waals surface area contributed by atoms with Crippen molar-refractivity contribution in [2.24, 2.45) is 0 Å². The molecule has 5 aliphatic rings. The molecule has 318 valence electrons. The van der Waals surface area contributed by atoms with E-state index in [9.17, 15) is 0 Å². The molecular weight excluding hydrogens is 821 g/mol. The first-order chi connectivity index (χ1) is 33.7. The van der Waals surface area contributed by atoms with Gasteiger partial charge in [0.15, 0.2) is 5.82 Å². The highest BCUT2D eigenvalue weighted by molar-refractivity contribution is 5.98. The second-order valence-electron chi connectivity index (χ2n) is 18.1. The maximum atomic E-state index is 5.62. The molecule has 0 N–H and O–H groups in total. The minimum atomic E-state index is -0.441. The maximum absolute atomic E-state index is 5.62. The third-order valence-corrected chi connectivity index (χ3v) is 14.3. The number of hydrogen-bond acceptors (Lipinski definition) is 2. The maximum Gasteiger partial charge on any atom is 0.160 e. The van der Waals surface area contributed by atoms with Gasteiger partial charge in [-0.2, -0.15) is 0 Å². The molecule has 7 aromatic carbocycles. The summed E-state index contributed by atoms with van der Waals surface area (Å²) in [5.41, 5.74) is 30.7. The highest BCUT2D eigenvalue weighted by Gasteiger charge is 2.53. The number of rotatable bonds is 7. The summed E-state index contributed by atoms with van der Waals surface area (Å²) >= 11 is 0. The van der Waals surface area contributed by atoms with Crippen LogP contribution in [0.2, 0.25) is 0 Å². The van der Waals surface area contributed by atoms with Crippen LogP contribution in [-0.2, 0) is 5.41 Å². The Hall–Kier alpha value is -8.64. The predicted octanol–water partition coefficient (Wildman–Crippen LogP) is 16.4. The fourth-order valence-electron chi connectivity index (χ4n) is 11.2. The minimum absolute atomic E-state index is 0.441. The average molecular weight is 865 g/mol. The van der Waals surface area contributed by atoms with E-state index in [-0.39, 0.29) is 0 Å². The zero-order valence-electron chi connectivity index (χ0n) is 37.5. The van der Waals surface area contributed by atoms with E-state index < -0.39 is 5.41 Å². The highest BCUT2D eigenvalue weighted by Crippen LogP contribution is 2.63. The molecule has 2 heteroatoms. The van der Waals surface area contributed by atoms with Gasteiger partial charge in [0, 0.05) is 22.3 Å². The van der Waals surface area contributed by atoms with Crippen molar-refractivity contribution in [1.29, 1.82) is 0 Å².